The number of halogens is 1. The van der Waals surface area contributed by atoms with Crippen LogP contribution in [0.25, 0.3) is 0 Å². The van der Waals surface area contributed by atoms with Gasteiger partial charge in [-0.3, -0.25) is 0 Å². The molecule has 226 valence electrons. The van der Waals surface area contributed by atoms with Crippen molar-refractivity contribution in [2.24, 2.45) is 17.3 Å². The fourth-order valence-corrected chi connectivity index (χ4v) is 11.3. The summed E-state index contributed by atoms with van der Waals surface area (Å²) in [5.41, 5.74) is 3.65. The lowest BCUT2D eigenvalue weighted by molar-refractivity contribution is -0.0149. The lowest BCUT2D eigenvalue weighted by Crippen LogP contribution is -2.54. The number of hydrogen-bond donors (Lipinski definition) is 0. The van der Waals surface area contributed by atoms with Crippen LogP contribution in [0.1, 0.15) is 120 Å². The Bertz CT molecular complexity index is 909. The Morgan fingerprint density at radius 1 is 0.974 bits per heavy atom. The van der Waals surface area contributed by atoms with Gasteiger partial charge in [0.1, 0.15) is 0 Å². The minimum Gasteiger partial charge on any atom is -0.414 e. The number of allylic oxidation sites excluding steroid dienone is 3. The SMILES string of the molecule is CC[C@H]1CC[C@H]2C(=CC=C3C[C@@H](O[Si](C)(C)C(C)(C)C)C[C@](CCBr)(O[Si](C)(C)C(C)(C)C)C3)CCC[C@]12C. The van der Waals surface area contributed by atoms with Gasteiger partial charge in [-0.2, -0.15) is 0 Å². The molecule has 5 heteroatoms. The highest BCUT2D eigenvalue weighted by atomic mass is 79.9. The molecule has 0 bridgehead atoms. The van der Waals surface area contributed by atoms with Crippen molar-refractivity contribution in [1.82, 2.24) is 0 Å². The molecule has 2 nitrogen and oxygen atoms in total. The Hall–Kier alpha value is 0.314. The van der Waals surface area contributed by atoms with E-state index in [9.17, 15) is 0 Å². The first-order chi connectivity index (χ1) is 17.8. The van der Waals surface area contributed by atoms with Crippen LogP contribution in [0.15, 0.2) is 23.3 Å². The maximum atomic E-state index is 7.42. The van der Waals surface area contributed by atoms with Crippen LogP contribution in [0.5, 0.6) is 0 Å². The van der Waals surface area contributed by atoms with Crippen molar-refractivity contribution in [2.75, 3.05) is 5.33 Å². The highest BCUT2D eigenvalue weighted by molar-refractivity contribution is 9.09. The Kier molecular flexibility index (Phi) is 10.5. The lowest BCUT2D eigenvalue weighted by atomic mass is 9.63. The van der Waals surface area contributed by atoms with Gasteiger partial charge in [0.15, 0.2) is 16.6 Å². The van der Waals surface area contributed by atoms with E-state index in [1.807, 2.05) is 0 Å². The molecule has 0 aromatic carbocycles. The van der Waals surface area contributed by atoms with Crippen molar-refractivity contribution >= 4 is 32.6 Å². The molecule has 3 rings (SSSR count). The normalized spacial score (nSPS) is 35.1. The maximum absolute atomic E-state index is 7.42. The fraction of sp³-hybridized carbons (Fsp3) is 0.882. The molecule has 3 aliphatic carbocycles. The Morgan fingerprint density at radius 2 is 1.62 bits per heavy atom. The van der Waals surface area contributed by atoms with E-state index in [4.69, 9.17) is 8.85 Å². The second-order valence-corrected chi connectivity index (χ2v) is 27.0. The third-order valence-corrected chi connectivity index (χ3v) is 21.4. The van der Waals surface area contributed by atoms with E-state index in [-0.39, 0.29) is 21.8 Å². The van der Waals surface area contributed by atoms with Gasteiger partial charge in [-0.15, -0.1) is 0 Å². The standard InChI is InChI=1S/C34H63BrO2Si2/c1-13-28-18-19-30-27(15-14-20-33(28,30)8)17-16-26-23-29(36-38(9,10)31(2,3)4)25-34(24-26,21-22-35)37-39(11,12)32(5,6)7/h16-17,28-30H,13-15,18-25H2,1-12H3/t28-,29+,30-,33+,34+/m0/s1. The fourth-order valence-electron chi connectivity index (χ4n) is 7.57. The van der Waals surface area contributed by atoms with Gasteiger partial charge in [0, 0.05) is 11.8 Å². The summed E-state index contributed by atoms with van der Waals surface area (Å²) in [6.45, 7) is 28.9. The van der Waals surface area contributed by atoms with Gasteiger partial charge >= 0.3 is 0 Å². The van der Waals surface area contributed by atoms with E-state index >= 15 is 0 Å². The largest absolute Gasteiger partial charge is 0.414 e. The van der Waals surface area contributed by atoms with E-state index in [1.54, 1.807) is 11.1 Å². The monoisotopic (exact) mass is 638 g/mol. The first-order valence-electron chi connectivity index (χ1n) is 16.1. The molecule has 3 aliphatic rings. The molecule has 0 unspecified atom stereocenters. The average Bonchev–Trinajstić information content (AvgIpc) is 3.12. The van der Waals surface area contributed by atoms with Crippen molar-refractivity contribution < 1.29 is 8.85 Å². The topological polar surface area (TPSA) is 18.5 Å². The minimum atomic E-state index is -1.96. The zero-order valence-electron chi connectivity index (χ0n) is 27.9. The van der Waals surface area contributed by atoms with E-state index in [1.165, 1.54) is 38.5 Å². The molecule has 3 saturated carbocycles. The molecule has 0 saturated heterocycles. The van der Waals surface area contributed by atoms with Gasteiger partial charge < -0.3 is 8.85 Å². The van der Waals surface area contributed by atoms with Crippen LogP contribution >= 0.6 is 15.9 Å². The molecular weight excluding hydrogens is 576 g/mol. The van der Waals surface area contributed by atoms with Crippen LogP contribution in [0.2, 0.25) is 36.3 Å². The van der Waals surface area contributed by atoms with Crippen molar-refractivity contribution in [3.8, 4) is 0 Å². The molecule has 0 N–H and O–H groups in total. The molecular formula is C34H63BrO2Si2. The molecule has 5 atom stereocenters. The van der Waals surface area contributed by atoms with Gasteiger partial charge in [-0.25, -0.2) is 0 Å². The summed E-state index contributed by atoms with van der Waals surface area (Å²) < 4.78 is 14.6. The molecule has 0 heterocycles. The highest BCUT2D eigenvalue weighted by Gasteiger charge is 2.50. The summed E-state index contributed by atoms with van der Waals surface area (Å²) in [6, 6.07) is 0. The van der Waals surface area contributed by atoms with Crippen molar-refractivity contribution in [3.63, 3.8) is 0 Å². The lowest BCUT2D eigenvalue weighted by Gasteiger charge is -2.51. The van der Waals surface area contributed by atoms with Crippen LogP contribution in [-0.2, 0) is 8.85 Å². The summed E-state index contributed by atoms with van der Waals surface area (Å²) in [5.74, 6) is 1.69. The minimum absolute atomic E-state index is 0.149. The Morgan fingerprint density at radius 3 is 2.18 bits per heavy atom. The van der Waals surface area contributed by atoms with Crippen LogP contribution in [-0.4, -0.2) is 33.7 Å². The molecule has 0 spiro atoms. The third-order valence-electron chi connectivity index (χ3n) is 11.9. The van der Waals surface area contributed by atoms with E-state index in [0.29, 0.717) is 5.41 Å². The van der Waals surface area contributed by atoms with E-state index in [0.717, 1.165) is 42.8 Å². The van der Waals surface area contributed by atoms with Crippen LogP contribution in [0.4, 0.5) is 0 Å². The molecule has 0 radical (unpaired) electrons. The molecule has 3 fully saturated rings. The Balaban J connectivity index is 1.98. The van der Waals surface area contributed by atoms with Crippen molar-refractivity contribution in [3.05, 3.63) is 23.3 Å². The zero-order chi connectivity index (χ0) is 29.5. The van der Waals surface area contributed by atoms with E-state index < -0.39 is 16.6 Å². The van der Waals surface area contributed by atoms with Gasteiger partial charge in [-0.05, 0) is 105 Å². The Labute approximate surface area is 253 Å². The molecule has 0 aromatic heterocycles. The first-order valence-corrected chi connectivity index (χ1v) is 23.1. The molecule has 0 aromatic rings. The molecule has 0 aliphatic heterocycles. The quantitative estimate of drug-likeness (QED) is 0.194. The van der Waals surface area contributed by atoms with E-state index in [2.05, 4.69) is 110 Å². The number of rotatable bonds is 8. The second-order valence-electron chi connectivity index (χ2n) is 16.7. The summed E-state index contributed by atoms with van der Waals surface area (Å²) in [5, 5.41) is 1.37. The molecule has 0 amide bonds. The predicted octanol–water partition coefficient (Wildman–Crippen LogP) is 11.6. The van der Waals surface area contributed by atoms with Gasteiger partial charge in [0.25, 0.3) is 0 Å². The first kappa shape index (κ1) is 33.8. The van der Waals surface area contributed by atoms with Crippen LogP contribution < -0.4 is 0 Å². The summed E-state index contributed by atoms with van der Waals surface area (Å²) in [7, 11) is -3.85. The zero-order valence-corrected chi connectivity index (χ0v) is 31.4. The summed E-state index contributed by atoms with van der Waals surface area (Å²) >= 11 is 3.83. The average molecular weight is 640 g/mol. The van der Waals surface area contributed by atoms with Gasteiger partial charge in [0.05, 0.1) is 11.7 Å². The highest BCUT2D eigenvalue weighted by Crippen LogP contribution is 2.58. The smallest absolute Gasteiger partial charge is 0.192 e. The number of alkyl halides is 1. The predicted molar refractivity (Wildman–Crippen MR) is 180 cm³/mol. The molecule has 39 heavy (non-hydrogen) atoms. The van der Waals surface area contributed by atoms with Gasteiger partial charge in [0.2, 0.25) is 0 Å². The number of hydrogen-bond acceptors (Lipinski definition) is 2. The van der Waals surface area contributed by atoms with Crippen molar-refractivity contribution in [1.29, 1.82) is 0 Å². The van der Waals surface area contributed by atoms with Crippen molar-refractivity contribution in [2.45, 2.75) is 168 Å². The number of fused-ring (bicyclic) bond motifs is 1. The summed E-state index contributed by atoms with van der Waals surface area (Å²) in [4.78, 5) is 0. The van der Waals surface area contributed by atoms with Gasteiger partial charge in [-0.1, -0.05) is 101 Å². The maximum Gasteiger partial charge on any atom is 0.192 e. The third kappa shape index (κ3) is 7.46. The van der Waals surface area contributed by atoms with Crippen LogP contribution in [0, 0.1) is 17.3 Å². The van der Waals surface area contributed by atoms with Crippen LogP contribution in [0.3, 0.4) is 0 Å². The summed E-state index contributed by atoms with van der Waals surface area (Å²) in [6.07, 6.45) is 17.7. The second kappa shape index (κ2) is 12.1.